The van der Waals surface area contributed by atoms with Crippen molar-refractivity contribution >= 4 is 5.97 Å². The van der Waals surface area contributed by atoms with E-state index in [2.05, 4.69) is 0 Å². The van der Waals surface area contributed by atoms with Crippen LogP contribution in [0.4, 0.5) is 0 Å². The van der Waals surface area contributed by atoms with Crippen LogP contribution < -0.4 is 0 Å². The van der Waals surface area contributed by atoms with E-state index in [1.165, 1.54) is 5.06 Å². The maximum absolute atomic E-state index is 12.5. The molecule has 8 nitrogen and oxygen atoms in total. The summed E-state index contributed by atoms with van der Waals surface area (Å²) < 4.78 is 31.3. The minimum absolute atomic E-state index is 0.124. The first-order valence-corrected chi connectivity index (χ1v) is 16.3. The van der Waals surface area contributed by atoms with Crippen LogP contribution in [-0.2, 0) is 54.9 Å². The van der Waals surface area contributed by atoms with Gasteiger partial charge in [-0.15, -0.1) is 0 Å². The summed E-state index contributed by atoms with van der Waals surface area (Å²) in [6.07, 6.45) is -1.36. The van der Waals surface area contributed by atoms with E-state index in [9.17, 15) is 10.0 Å². The topological polar surface area (TPSA) is 86.7 Å². The molecule has 47 heavy (non-hydrogen) atoms. The molecule has 8 heteroatoms. The van der Waals surface area contributed by atoms with Crippen LogP contribution in [-0.4, -0.2) is 59.8 Å². The molecule has 248 valence electrons. The zero-order valence-corrected chi connectivity index (χ0v) is 26.9. The van der Waals surface area contributed by atoms with Crippen molar-refractivity contribution in [2.24, 2.45) is 0 Å². The van der Waals surface area contributed by atoms with Gasteiger partial charge in [-0.25, -0.2) is 0 Å². The molecule has 4 aromatic rings. The highest BCUT2D eigenvalue weighted by atomic mass is 16.6. The number of benzene rings is 4. The lowest BCUT2D eigenvalue weighted by Gasteiger charge is -2.32. The van der Waals surface area contributed by atoms with Gasteiger partial charge in [-0.05, 0) is 35.6 Å². The molecule has 0 spiro atoms. The Balaban J connectivity index is 1.44. The second-order valence-corrected chi connectivity index (χ2v) is 11.6. The van der Waals surface area contributed by atoms with Crippen LogP contribution in [0.2, 0.25) is 0 Å². The van der Waals surface area contributed by atoms with Crippen molar-refractivity contribution in [2.75, 3.05) is 13.2 Å². The summed E-state index contributed by atoms with van der Waals surface area (Å²) in [6, 6.07) is 38.4. The molecule has 0 unspecified atom stereocenters. The number of hydroxylamine groups is 2. The molecule has 1 N–H and O–H groups in total. The van der Waals surface area contributed by atoms with Gasteiger partial charge < -0.3 is 28.9 Å². The molecule has 1 fully saturated rings. The van der Waals surface area contributed by atoms with Crippen LogP contribution in [0.1, 0.15) is 42.0 Å². The highest BCUT2D eigenvalue weighted by molar-refractivity contribution is 5.69. The van der Waals surface area contributed by atoms with Crippen LogP contribution in [0.5, 0.6) is 0 Å². The van der Waals surface area contributed by atoms with Gasteiger partial charge in [0.2, 0.25) is 0 Å². The molecule has 0 radical (unpaired) electrons. The Morgan fingerprint density at radius 3 is 1.66 bits per heavy atom. The van der Waals surface area contributed by atoms with E-state index in [1.807, 2.05) is 121 Å². The Kier molecular flexibility index (Phi) is 13.5. The molecule has 0 aliphatic carbocycles. The molecule has 0 saturated carbocycles. The summed E-state index contributed by atoms with van der Waals surface area (Å²) in [7, 11) is 0. The SMILES string of the molecule is CCOC(=O)CC[C@H]1[C@H](OCc2ccccc2)[C@@H](OCc2ccccc2)[C@H]([C@@H](COCc2ccccc2)OCc2ccccc2)N1O. The quantitative estimate of drug-likeness (QED) is 0.120. The fourth-order valence-corrected chi connectivity index (χ4v) is 5.94. The molecule has 5 atom stereocenters. The van der Waals surface area contributed by atoms with Crippen molar-refractivity contribution in [1.82, 2.24) is 5.06 Å². The summed E-state index contributed by atoms with van der Waals surface area (Å²) in [5.41, 5.74) is 4.03. The van der Waals surface area contributed by atoms with Gasteiger partial charge in [0.15, 0.2) is 0 Å². The average molecular weight is 640 g/mol. The second kappa shape index (κ2) is 18.4. The highest BCUT2D eigenvalue weighted by Crippen LogP contribution is 2.35. The highest BCUT2D eigenvalue weighted by Gasteiger charge is 2.53. The molecule has 4 aromatic carbocycles. The van der Waals surface area contributed by atoms with Crippen molar-refractivity contribution in [3.63, 3.8) is 0 Å². The number of esters is 1. The van der Waals surface area contributed by atoms with Crippen LogP contribution >= 0.6 is 0 Å². The van der Waals surface area contributed by atoms with Crippen molar-refractivity contribution < 1.29 is 33.7 Å². The van der Waals surface area contributed by atoms with E-state index in [0.29, 0.717) is 39.5 Å². The van der Waals surface area contributed by atoms with Crippen LogP contribution in [0.25, 0.3) is 0 Å². The number of carbonyl (C=O) groups excluding carboxylic acids is 1. The summed E-state index contributed by atoms with van der Waals surface area (Å²) in [6.45, 7) is 3.60. The Morgan fingerprint density at radius 1 is 0.681 bits per heavy atom. The predicted octanol–water partition coefficient (Wildman–Crippen LogP) is 6.74. The van der Waals surface area contributed by atoms with Crippen molar-refractivity contribution in [3.05, 3.63) is 144 Å². The van der Waals surface area contributed by atoms with Crippen molar-refractivity contribution in [1.29, 1.82) is 0 Å². The molecular weight excluding hydrogens is 594 g/mol. The predicted molar refractivity (Wildman–Crippen MR) is 178 cm³/mol. The molecule has 1 aliphatic heterocycles. The summed E-state index contributed by atoms with van der Waals surface area (Å²) in [5, 5.41) is 13.3. The van der Waals surface area contributed by atoms with E-state index in [4.69, 9.17) is 23.7 Å². The van der Waals surface area contributed by atoms with Gasteiger partial charge in [0, 0.05) is 6.42 Å². The molecule has 0 aromatic heterocycles. The Bertz CT molecular complexity index is 1440. The standard InChI is InChI=1S/C39H45NO7/c1-2-44-36(41)24-23-34-38(46-27-32-19-11-5-12-20-32)39(47-28-33-21-13-6-14-22-33)37(40(34)42)35(45-26-31-17-9-4-10-18-31)29-43-25-30-15-7-3-8-16-30/h3-22,34-35,37-39,42H,2,23-29H2,1H3/t34-,35+,37-,38-,39-/m0/s1. The summed E-state index contributed by atoms with van der Waals surface area (Å²) in [5.74, 6) is -0.323. The molecule has 1 saturated heterocycles. The molecule has 1 aliphatic rings. The molecule has 1 heterocycles. The van der Waals surface area contributed by atoms with Gasteiger partial charge in [0.25, 0.3) is 0 Å². The van der Waals surface area contributed by atoms with E-state index in [0.717, 1.165) is 22.3 Å². The fraction of sp³-hybridized carbons (Fsp3) is 0.359. The number of ether oxygens (including phenoxy) is 5. The third-order valence-electron chi connectivity index (χ3n) is 8.29. The van der Waals surface area contributed by atoms with Gasteiger partial charge in [0.1, 0.15) is 18.3 Å². The fourth-order valence-electron chi connectivity index (χ4n) is 5.94. The lowest BCUT2D eigenvalue weighted by Crippen LogP contribution is -2.49. The zero-order chi connectivity index (χ0) is 32.7. The minimum atomic E-state index is -0.661. The minimum Gasteiger partial charge on any atom is -0.466 e. The summed E-state index contributed by atoms with van der Waals surface area (Å²) in [4.78, 5) is 12.5. The first-order chi connectivity index (χ1) is 23.1. The Hall–Kier alpha value is -3.89. The smallest absolute Gasteiger partial charge is 0.305 e. The molecular formula is C39H45NO7. The van der Waals surface area contributed by atoms with Crippen LogP contribution in [0.15, 0.2) is 121 Å². The molecule has 0 bridgehead atoms. The Morgan fingerprint density at radius 2 is 1.15 bits per heavy atom. The second-order valence-electron chi connectivity index (χ2n) is 11.6. The number of rotatable bonds is 18. The van der Waals surface area contributed by atoms with Gasteiger partial charge in [-0.3, -0.25) is 4.79 Å². The zero-order valence-electron chi connectivity index (χ0n) is 26.9. The van der Waals surface area contributed by atoms with Gasteiger partial charge >= 0.3 is 5.97 Å². The van der Waals surface area contributed by atoms with E-state index >= 15 is 0 Å². The molecule has 5 rings (SSSR count). The monoisotopic (exact) mass is 639 g/mol. The van der Waals surface area contributed by atoms with Gasteiger partial charge in [0.05, 0.1) is 51.7 Å². The maximum Gasteiger partial charge on any atom is 0.305 e. The largest absolute Gasteiger partial charge is 0.466 e. The Labute approximate surface area is 277 Å². The molecule has 0 amide bonds. The van der Waals surface area contributed by atoms with Crippen molar-refractivity contribution in [2.45, 2.75) is 76.6 Å². The van der Waals surface area contributed by atoms with E-state index < -0.39 is 30.4 Å². The van der Waals surface area contributed by atoms with Crippen LogP contribution in [0, 0.1) is 0 Å². The van der Waals surface area contributed by atoms with Gasteiger partial charge in [-0.2, -0.15) is 5.06 Å². The van der Waals surface area contributed by atoms with Crippen LogP contribution in [0.3, 0.4) is 0 Å². The average Bonchev–Trinajstić information content (AvgIpc) is 3.38. The number of hydrogen-bond donors (Lipinski definition) is 1. The normalized spacial score (nSPS) is 20.2. The first-order valence-electron chi connectivity index (χ1n) is 16.3. The lowest BCUT2D eigenvalue weighted by molar-refractivity contribution is -0.196. The number of carbonyl (C=O) groups is 1. The third kappa shape index (κ3) is 10.3. The van der Waals surface area contributed by atoms with Crippen molar-refractivity contribution in [3.8, 4) is 0 Å². The van der Waals surface area contributed by atoms with E-state index in [-0.39, 0.29) is 19.0 Å². The summed E-state index contributed by atoms with van der Waals surface area (Å²) >= 11 is 0. The third-order valence-corrected chi connectivity index (χ3v) is 8.29. The maximum atomic E-state index is 12.5. The number of nitrogens with zero attached hydrogens (tertiary/aromatic N) is 1. The van der Waals surface area contributed by atoms with Gasteiger partial charge in [-0.1, -0.05) is 121 Å². The number of hydrogen-bond acceptors (Lipinski definition) is 8. The lowest BCUT2D eigenvalue weighted by atomic mass is 10.0. The van der Waals surface area contributed by atoms with E-state index in [1.54, 1.807) is 6.92 Å². The first kappa shape index (κ1) is 34.4.